The lowest BCUT2D eigenvalue weighted by Crippen LogP contribution is -2.50. The first-order valence-corrected chi connectivity index (χ1v) is 10.4. The molecule has 1 saturated heterocycles. The summed E-state index contributed by atoms with van der Waals surface area (Å²) in [4.78, 5) is 30.1. The third kappa shape index (κ3) is 4.96. The third-order valence-electron chi connectivity index (χ3n) is 4.94. The Morgan fingerprint density at radius 2 is 1.78 bits per heavy atom. The fourth-order valence-corrected chi connectivity index (χ4v) is 4.11. The van der Waals surface area contributed by atoms with Crippen molar-refractivity contribution < 1.29 is 9.59 Å². The van der Waals surface area contributed by atoms with E-state index >= 15 is 0 Å². The highest BCUT2D eigenvalue weighted by Crippen LogP contribution is 2.20. The van der Waals surface area contributed by atoms with Crippen LogP contribution in [0.3, 0.4) is 0 Å². The molecule has 2 heterocycles. The van der Waals surface area contributed by atoms with E-state index in [2.05, 4.69) is 36.5 Å². The van der Waals surface area contributed by atoms with E-state index in [0.717, 1.165) is 30.6 Å². The molecule has 1 fully saturated rings. The zero-order chi connectivity index (χ0) is 19.2. The number of benzene rings is 1. The lowest BCUT2D eigenvalue weighted by atomic mass is 10.1. The fraction of sp³-hybridized carbons (Fsp3) is 0.429. The van der Waals surface area contributed by atoms with E-state index in [4.69, 9.17) is 0 Å². The number of carbonyl (C=O) groups is 2. The van der Waals surface area contributed by atoms with Gasteiger partial charge >= 0.3 is 0 Å². The molecule has 1 aromatic heterocycles. The summed E-state index contributed by atoms with van der Waals surface area (Å²) in [7, 11) is 0. The Morgan fingerprint density at radius 1 is 1.11 bits per heavy atom. The summed E-state index contributed by atoms with van der Waals surface area (Å²) < 4.78 is 0. The molecule has 0 bridgehead atoms. The average Bonchev–Trinajstić information content (AvgIpc) is 3.14. The van der Waals surface area contributed by atoms with Crippen LogP contribution in [0.15, 0.2) is 35.7 Å². The molecule has 144 valence electrons. The molecule has 1 aromatic carbocycles. The first-order valence-electron chi connectivity index (χ1n) is 9.48. The Morgan fingerprint density at radius 3 is 2.37 bits per heavy atom. The van der Waals surface area contributed by atoms with Gasteiger partial charge in [0.2, 0.25) is 5.91 Å². The molecule has 0 unspecified atom stereocenters. The van der Waals surface area contributed by atoms with Gasteiger partial charge in [-0.3, -0.25) is 9.59 Å². The SMILES string of the molecule is CCc1ccc(CN(CC(=O)N2CCNCC2)C(=O)c2sccc2C)cc1. The number of amides is 2. The highest BCUT2D eigenvalue weighted by Gasteiger charge is 2.25. The summed E-state index contributed by atoms with van der Waals surface area (Å²) >= 11 is 1.44. The molecule has 1 aliphatic heterocycles. The van der Waals surface area contributed by atoms with Gasteiger partial charge in [0.25, 0.3) is 5.91 Å². The van der Waals surface area contributed by atoms with Crippen LogP contribution in [0, 0.1) is 6.92 Å². The molecule has 2 amide bonds. The van der Waals surface area contributed by atoms with Gasteiger partial charge in [-0.15, -0.1) is 11.3 Å². The van der Waals surface area contributed by atoms with Crippen molar-refractivity contribution in [1.82, 2.24) is 15.1 Å². The smallest absolute Gasteiger partial charge is 0.264 e. The van der Waals surface area contributed by atoms with Crippen molar-refractivity contribution in [2.24, 2.45) is 0 Å². The number of thiophene rings is 1. The number of nitrogens with zero attached hydrogens (tertiary/aromatic N) is 2. The molecular formula is C21H27N3O2S. The molecule has 1 aliphatic rings. The minimum atomic E-state index is -0.0643. The second-order valence-electron chi connectivity index (χ2n) is 6.89. The quantitative estimate of drug-likeness (QED) is 0.832. The number of hydrogen-bond acceptors (Lipinski definition) is 4. The maximum atomic E-state index is 13.1. The second kappa shape index (κ2) is 9.15. The summed E-state index contributed by atoms with van der Waals surface area (Å²) in [5.74, 6) is -0.0465. The predicted molar refractivity (Wildman–Crippen MR) is 109 cm³/mol. The maximum Gasteiger partial charge on any atom is 0.264 e. The van der Waals surface area contributed by atoms with Gasteiger partial charge in [-0.2, -0.15) is 0 Å². The van der Waals surface area contributed by atoms with Crippen LogP contribution in [-0.4, -0.2) is 54.3 Å². The Hall–Kier alpha value is -2.18. The summed E-state index contributed by atoms with van der Waals surface area (Å²) in [6, 6.07) is 10.2. The van der Waals surface area contributed by atoms with Crippen LogP contribution in [0.25, 0.3) is 0 Å². The number of rotatable bonds is 6. The fourth-order valence-electron chi connectivity index (χ4n) is 3.21. The number of piperazine rings is 1. The van der Waals surface area contributed by atoms with Crippen LogP contribution in [0.1, 0.15) is 33.3 Å². The largest absolute Gasteiger partial charge is 0.339 e. The molecule has 0 radical (unpaired) electrons. The van der Waals surface area contributed by atoms with Gasteiger partial charge in [-0.1, -0.05) is 31.2 Å². The molecule has 0 saturated carbocycles. The molecule has 5 nitrogen and oxygen atoms in total. The van der Waals surface area contributed by atoms with Gasteiger partial charge in [0.15, 0.2) is 0 Å². The standard InChI is InChI=1S/C21H27N3O2S/c1-3-17-4-6-18(7-5-17)14-24(21(26)20-16(2)8-13-27-20)15-19(25)23-11-9-22-10-12-23/h4-8,13,22H,3,9-12,14-15H2,1-2H3. The molecule has 1 N–H and O–H groups in total. The van der Waals surface area contributed by atoms with Crippen molar-refractivity contribution in [2.45, 2.75) is 26.8 Å². The number of hydrogen-bond donors (Lipinski definition) is 1. The number of nitrogens with one attached hydrogen (secondary N) is 1. The van der Waals surface area contributed by atoms with Crippen molar-refractivity contribution in [1.29, 1.82) is 0 Å². The average molecular weight is 386 g/mol. The summed E-state index contributed by atoms with van der Waals surface area (Å²) in [6.07, 6.45) is 0.985. The van der Waals surface area contributed by atoms with Gasteiger partial charge in [0.05, 0.1) is 4.88 Å². The molecule has 2 aromatic rings. The topological polar surface area (TPSA) is 52.7 Å². The van der Waals surface area contributed by atoms with E-state index in [1.165, 1.54) is 16.9 Å². The van der Waals surface area contributed by atoms with Crippen molar-refractivity contribution >= 4 is 23.2 Å². The molecule has 0 aliphatic carbocycles. The Bertz CT molecular complexity index is 779. The minimum Gasteiger partial charge on any atom is -0.339 e. The first-order chi connectivity index (χ1) is 13.1. The Kier molecular flexibility index (Phi) is 6.63. The lowest BCUT2D eigenvalue weighted by Gasteiger charge is -2.30. The summed E-state index contributed by atoms with van der Waals surface area (Å²) in [6.45, 7) is 7.63. The lowest BCUT2D eigenvalue weighted by molar-refractivity contribution is -0.132. The van der Waals surface area contributed by atoms with Gasteiger partial charge in [0, 0.05) is 32.7 Å². The summed E-state index contributed by atoms with van der Waals surface area (Å²) in [5, 5.41) is 5.18. The molecule has 0 spiro atoms. The zero-order valence-corrected chi connectivity index (χ0v) is 16.8. The number of carbonyl (C=O) groups excluding carboxylic acids is 2. The predicted octanol–water partition coefficient (Wildman–Crippen LogP) is 2.69. The monoisotopic (exact) mass is 385 g/mol. The highest BCUT2D eigenvalue weighted by atomic mass is 32.1. The summed E-state index contributed by atoms with van der Waals surface area (Å²) in [5.41, 5.74) is 3.27. The van der Waals surface area contributed by atoms with Crippen molar-refractivity contribution in [3.05, 3.63) is 57.3 Å². The van der Waals surface area contributed by atoms with Crippen LogP contribution in [0.5, 0.6) is 0 Å². The highest BCUT2D eigenvalue weighted by molar-refractivity contribution is 7.12. The Labute approximate surface area is 165 Å². The van der Waals surface area contributed by atoms with Crippen molar-refractivity contribution in [3.63, 3.8) is 0 Å². The molecule has 6 heteroatoms. The Balaban J connectivity index is 1.77. The first kappa shape index (κ1) is 19.6. The van der Waals surface area contributed by atoms with E-state index in [0.29, 0.717) is 24.5 Å². The van der Waals surface area contributed by atoms with E-state index < -0.39 is 0 Å². The normalized spacial score (nSPS) is 14.2. The molecule has 0 atom stereocenters. The van der Waals surface area contributed by atoms with Crippen molar-refractivity contribution in [3.8, 4) is 0 Å². The molecular weight excluding hydrogens is 358 g/mol. The molecule has 27 heavy (non-hydrogen) atoms. The van der Waals surface area contributed by atoms with E-state index in [1.54, 1.807) is 4.90 Å². The minimum absolute atomic E-state index is 0.0178. The number of aryl methyl sites for hydroxylation is 2. The van der Waals surface area contributed by atoms with Gasteiger partial charge in [-0.05, 0) is 41.5 Å². The van der Waals surface area contributed by atoms with Crippen LogP contribution in [-0.2, 0) is 17.8 Å². The zero-order valence-electron chi connectivity index (χ0n) is 16.0. The van der Waals surface area contributed by atoms with Gasteiger partial charge < -0.3 is 15.1 Å². The second-order valence-corrected chi connectivity index (χ2v) is 7.81. The van der Waals surface area contributed by atoms with E-state index in [1.807, 2.05) is 23.3 Å². The van der Waals surface area contributed by atoms with Crippen molar-refractivity contribution in [2.75, 3.05) is 32.7 Å². The van der Waals surface area contributed by atoms with Crippen LogP contribution >= 0.6 is 11.3 Å². The third-order valence-corrected chi connectivity index (χ3v) is 5.95. The van der Waals surface area contributed by atoms with E-state index in [9.17, 15) is 9.59 Å². The van der Waals surface area contributed by atoms with E-state index in [-0.39, 0.29) is 18.4 Å². The van der Waals surface area contributed by atoms with Crippen LogP contribution < -0.4 is 5.32 Å². The van der Waals surface area contributed by atoms with Crippen LogP contribution in [0.2, 0.25) is 0 Å². The maximum absolute atomic E-state index is 13.1. The molecule has 3 rings (SSSR count). The van der Waals surface area contributed by atoms with Gasteiger partial charge in [0.1, 0.15) is 6.54 Å². The van der Waals surface area contributed by atoms with Gasteiger partial charge in [-0.25, -0.2) is 0 Å². The van der Waals surface area contributed by atoms with Crippen LogP contribution in [0.4, 0.5) is 0 Å².